The molecule has 0 spiro atoms. The number of amides is 2. The molecule has 0 heterocycles. The van der Waals surface area contributed by atoms with E-state index in [-0.39, 0.29) is 30.8 Å². The zero-order valence-corrected chi connectivity index (χ0v) is 19.0. The summed E-state index contributed by atoms with van der Waals surface area (Å²) in [5, 5.41) is 14.8. The number of hydrogen-bond acceptors (Lipinski definition) is 4. The Kier molecular flexibility index (Phi) is 6.40. The highest BCUT2D eigenvalue weighted by atomic mass is 16.5. The smallest absolute Gasteiger partial charge is 0.407 e. The fourth-order valence-electron chi connectivity index (χ4n) is 4.56. The second kappa shape index (κ2) is 9.25. The van der Waals surface area contributed by atoms with Gasteiger partial charge in [-0.05, 0) is 41.0 Å². The number of carbonyl (C=O) groups is 3. The largest absolute Gasteiger partial charge is 0.480 e. The highest BCUT2D eigenvalue weighted by Gasteiger charge is 2.47. The molecule has 2 aliphatic carbocycles. The van der Waals surface area contributed by atoms with Crippen molar-refractivity contribution < 1.29 is 24.2 Å². The predicted molar refractivity (Wildman–Crippen MR) is 124 cm³/mol. The molecule has 1 saturated carbocycles. The van der Waals surface area contributed by atoms with Crippen LogP contribution in [-0.4, -0.2) is 41.3 Å². The topological polar surface area (TPSA) is 105 Å². The molecule has 1 unspecified atom stereocenters. The number of nitrogens with one attached hydrogen (secondary N) is 2. The molecule has 2 amide bonds. The molecule has 2 aliphatic rings. The Morgan fingerprint density at radius 3 is 2.15 bits per heavy atom. The zero-order chi connectivity index (χ0) is 23.6. The lowest BCUT2D eigenvalue weighted by Gasteiger charge is -2.23. The monoisotopic (exact) mass is 450 g/mol. The number of alkyl carbamates (subject to hydrolysis) is 1. The van der Waals surface area contributed by atoms with Crippen LogP contribution < -0.4 is 10.6 Å². The van der Waals surface area contributed by atoms with E-state index in [0.717, 1.165) is 22.3 Å². The number of carboxylic acids is 1. The molecular weight excluding hydrogens is 420 g/mol. The van der Waals surface area contributed by atoms with Gasteiger partial charge in [0.25, 0.3) is 0 Å². The van der Waals surface area contributed by atoms with Gasteiger partial charge in [0.1, 0.15) is 12.6 Å². The Bertz CT molecular complexity index is 1020. The van der Waals surface area contributed by atoms with E-state index in [1.54, 1.807) is 6.92 Å². The average Bonchev–Trinajstić information content (AvgIpc) is 3.47. The number of benzene rings is 2. The van der Waals surface area contributed by atoms with E-state index in [0.29, 0.717) is 19.3 Å². The molecule has 2 atom stereocenters. The lowest BCUT2D eigenvalue weighted by molar-refractivity contribution is -0.143. The highest BCUT2D eigenvalue weighted by Crippen LogP contribution is 2.44. The van der Waals surface area contributed by atoms with Crippen LogP contribution in [0.25, 0.3) is 11.1 Å². The van der Waals surface area contributed by atoms with Crippen LogP contribution in [-0.2, 0) is 14.3 Å². The second-order valence-electron chi connectivity index (χ2n) is 9.18. The SMILES string of the molecule is CCC(C)[C@H](NC(=O)CC1(NC(=O)OCC2c3ccccc3-c3ccccc32)CC1)C(=O)O. The standard InChI is InChI=1S/C26H30N2O5/c1-3-16(2)23(24(30)31)27-22(29)14-26(12-13-26)28-25(32)33-15-21-19-10-6-4-8-17(19)18-9-5-7-11-20(18)21/h4-11,16,21,23H,3,12-15H2,1-2H3,(H,27,29)(H,28,32)(H,30,31)/t16?,23-/m0/s1. The molecule has 174 valence electrons. The van der Waals surface area contributed by atoms with Crippen molar-refractivity contribution in [2.24, 2.45) is 5.92 Å². The minimum Gasteiger partial charge on any atom is -0.480 e. The maximum atomic E-state index is 12.6. The third kappa shape index (κ3) is 4.87. The third-order valence-electron chi connectivity index (χ3n) is 6.86. The van der Waals surface area contributed by atoms with Crippen molar-refractivity contribution in [2.75, 3.05) is 6.61 Å². The number of ether oxygens (including phenoxy) is 1. The average molecular weight is 451 g/mol. The summed E-state index contributed by atoms with van der Waals surface area (Å²) in [6.45, 7) is 3.88. The number of rotatable bonds is 9. The van der Waals surface area contributed by atoms with E-state index in [1.807, 2.05) is 31.2 Å². The first-order valence-corrected chi connectivity index (χ1v) is 11.5. The summed E-state index contributed by atoms with van der Waals surface area (Å²) in [5.74, 6) is -1.64. The molecule has 0 bridgehead atoms. The Labute approximate surface area is 193 Å². The quantitative estimate of drug-likeness (QED) is 0.534. The lowest BCUT2D eigenvalue weighted by atomic mass is 9.98. The van der Waals surface area contributed by atoms with Gasteiger partial charge >= 0.3 is 12.1 Å². The number of aliphatic carboxylic acids is 1. The van der Waals surface area contributed by atoms with Crippen LogP contribution in [0.4, 0.5) is 4.79 Å². The summed E-state index contributed by atoms with van der Waals surface area (Å²) in [5.41, 5.74) is 3.93. The van der Waals surface area contributed by atoms with Gasteiger partial charge in [0.15, 0.2) is 0 Å². The van der Waals surface area contributed by atoms with Crippen molar-refractivity contribution in [1.82, 2.24) is 10.6 Å². The van der Waals surface area contributed by atoms with Crippen molar-refractivity contribution in [3.05, 3.63) is 59.7 Å². The molecule has 3 N–H and O–H groups in total. The van der Waals surface area contributed by atoms with Crippen molar-refractivity contribution in [3.8, 4) is 11.1 Å². The van der Waals surface area contributed by atoms with Gasteiger partial charge in [-0.2, -0.15) is 0 Å². The Morgan fingerprint density at radius 1 is 1.06 bits per heavy atom. The fourth-order valence-corrected chi connectivity index (χ4v) is 4.56. The van der Waals surface area contributed by atoms with Crippen LogP contribution >= 0.6 is 0 Å². The molecule has 0 aliphatic heterocycles. The van der Waals surface area contributed by atoms with Crippen molar-refractivity contribution in [3.63, 3.8) is 0 Å². The highest BCUT2D eigenvalue weighted by molar-refractivity contribution is 5.85. The number of carboxylic acid groups (broad SMARTS) is 1. The van der Waals surface area contributed by atoms with E-state index < -0.39 is 23.6 Å². The molecular formula is C26H30N2O5. The van der Waals surface area contributed by atoms with Gasteiger partial charge in [-0.25, -0.2) is 9.59 Å². The fraction of sp³-hybridized carbons (Fsp3) is 0.423. The zero-order valence-electron chi connectivity index (χ0n) is 19.0. The van der Waals surface area contributed by atoms with Gasteiger partial charge in [-0.15, -0.1) is 0 Å². The summed E-state index contributed by atoms with van der Waals surface area (Å²) < 4.78 is 5.60. The third-order valence-corrected chi connectivity index (χ3v) is 6.86. The number of carbonyl (C=O) groups excluding carboxylic acids is 2. The molecule has 33 heavy (non-hydrogen) atoms. The van der Waals surface area contributed by atoms with Gasteiger partial charge in [-0.3, -0.25) is 4.79 Å². The lowest BCUT2D eigenvalue weighted by Crippen LogP contribution is -2.48. The molecule has 4 rings (SSSR count). The molecule has 2 aromatic rings. The number of fused-ring (bicyclic) bond motifs is 3. The van der Waals surface area contributed by atoms with Crippen LogP contribution in [0.1, 0.15) is 56.6 Å². The normalized spacial score (nSPS) is 17.3. The van der Waals surface area contributed by atoms with Crippen molar-refractivity contribution in [1.29, 1.82) is 0 Å². The van der Waals surface area contributed by atoms with Crippen LogP contribution in [0.5, 0.6) is 0 Å². The van der Waals surface area contributed by atoms with Gasteiger partial charge < -0.3 is 20.5 Å². The minimum absolute atomic E-state index is 0.0338. The van der Waals surface area contributed by atoms with Crippen molar-refractivity contribution in [2.45, 2.75) is 57.0 Å². The van der Waals surface area contributed by atoms with E-state index in [1.165, 1.54) is 0 Å². The summed E-state index contributed by atoms with van der Waals surface area (Å²) >= 11 is 0. The summed E-state index contributed by atoms with van der Waals surface area (Å²) in [6, 6.07) is 15.3. The Morgan fingerprint density at radius 2 is 1.64 bits per heavy atom. The second-order valence-corrected chi connectivity index (χ2v) is 9.18. The van der Waals surface area contributed by atoms with E-state index in [4.69, 9.17) is 4.74 Å². The molecule has 7 nitrogen and oxygen atoms in total. The molecule has 0 radical (unpaired) electrons. The first kappa shape index (κ1) is 22.8. The Balaban J connectivity index is 1.34. The predicted octanol–water partition coefficient (Wildman–Crippen LogP) is 4.06. The van der Waals surface area contributed by atoms with Gasteiger partial charge in [-0.1, -0.05) is 68.8 Å². The minimum atomic E-state index is -1.05. The summed E-state index contributed by atoms with van der Waals surface area (Å²) in [6.07, 6.45) is 1.44. The molecule has 0 saturated heterocycles. The van der Waals surface area contributed by atoms with Gasteiger partial charge in [0, 0.05) is 12.3 Å². The Hall–Kier alpha value is -3.35. The number of hydrogen-bond donors (Lipinski definition) is 3. The van der Waals surface area contributed by atoms with Crippen molar-refractivity contribution >= 4 is 18.0 Å². The maximum absolute atomic E-state index is 12.6. The molecule has 2 aromatic carbocycles. The molecule has 0 aromatic heterocycles. The van der Waals surface area contributed by atoms with Crippen LogP contribution in [0.2, 0.25) is 0 Å². The van der Waals surface area contributed by atoms with Crippen LogP contribution in [0.15, 0.2) is 48.5 Å². The summed E-state index contributed by atoms with van der Waals surface area (Å²) in [4.78, 5) is 36.6. The molecule has 1 fully saturated rings. The van der Waals surface area contributed by atoms with Gasteiger partial charge in [0.05, 0.1) is 5.54 Å². The first-order chi connectivity index (χ1) is 15.8. The molecule has 7 heteroatoms. The maximum Gasteiger partial charge on any atom is 0.407 e. The first-order valence-electron chi connectivity index (χ1n) is 11.5. The van der Waals surface area contributed by atoms with Crippen LogP contribution in [0, 0.1) is 5.92 Å². The van der Waals surface area contributed by atoms with E-state index in [9.17, 15) is 19.5 Å². The van der Waals surface area contributed by atoms with E-state index >= 15 is 0 Å². The van der Waals surface area contributed by atoms with Crippen LogP contribution in [0.3, 0.4) is 0 Å². The van der Waals surface area contributed by atoms with E-state index in [2.05, 4.69) is 34.9 Å². The van der Waals surface area contributed by atoms with Gasteiger partial charge in [0.2, 0.25) is 5.91 Å². The summed E-state index contributed by atoms with van der Waals surface area (Å²) in [7, 11) is 0.